The van der Waals surface area contributed by atoms with Crippen LogP contribution >= 0.6 is 22.6 Å². The summed E-state index contributed by atoms with van der Waals surface area (Å²) in [6.07, 6.45) is 1.37. The highest BCUT2D eigenvalue weighted by Crippen LogP contribution is 2.35. The predicted molar refractivity (Wildman–Crippen MR) is 137 cm³/mol. The van der Waals surface area contributed by atoms with E-state index in [1.54, 1.807) is 12.1 Å². The number of methoxy groups -OCH3 is 1. The molecule has 9 heteroatoms. The van der Waals surface area contributed by atoms with E-state index in [4.69, 9.17) is 9.47 Å². The Morgan fingerprint density at radius 2 is 1.80 bits per heavy atom. The summed E-state index contributed by atoms with van der Waals surface area (Å²) in [6.45, 7) is 2.34. The Morgan fingerprint density at radius 3 is 2.49 bits per heavy atom. The molecule has 0 atom stereocenters. The number of benzene rings is 3. The predicted octanol–water partition coefficient (Wildman–Crippen LogP) is 4.99. The highest BCUT2D eigenvalue weighted by Gasteiger charge is 2.36. The summed E-state index contributed by atoms with van der Waals surface area (Å²) in [5.41, 5.74) is 2.52. The smallest absolute Gasteiger partial charge is 0.335 e. The Morgan fingerprint density at radius 1 is 1.06 bits per heavy atom. The van der Waals surface area contributed by atoms with E-state index in [0.29, 0.717) is 27.2 Å². The summed E-state index contributed by atoms with van der Waals surface area (Å²) in [4.78, 5) is 38.6. The van der Waals surface area contributed by atoms with E-state index in [2.05, 4.69) is 27.9 Å². The number of carbonyl (C=O) groups is 3. The lowest BCUT2D eigenvalue weighted by molar-refractivity contribution is -0.122. The number of halogens is 2. The minimum atomic E-state index is -0.907. The first-order valence-electron chi connectivity index (χ1n) is 10.5. The molecule has 0 saturated carbocycles. The molecule has 1 aliphatic heterocycles. The maximum atomic E-state index is 13.3. The first-order chi connectivity index (χ1) is 16.8. The molecule has 3 aromatic carbocycles. The topological polar surface area (TPSA) is 84.9 Å². The van der Waals surface area contributed by atoms with Crippen LogP contribution in [-0.4, -0.2) is 25.0 Å². The third-order valence-corrected chi connectivity index (χ3v) is 6.02. The molecular formula is C26H20FIN2O5. The summed E-state index contributed by atoms with van der Waals surface area (Å²) in [5, 5.41) is 2.15. The first-order valence-corrected chi connectivity index (χ1v) is 11.6. The van der Waals surface area contributed by atoms with E-state index < -0.39 is 23.7 Å². The zero-order valence-electron chi connectivity index (χ0n) is 18.8. The van der Waals surface area contributed by atoms with Crippen molar-refractivity contribution in [2.75, 3.05) is 12.0 Å². The van der Waals surface area contributed by atoms with Crippen molar-refractivity contribution in [1.82, 2.24) is 5.32 Å². The van der Waals surface area contributed by atoms with Gasteiger partial charge in [0.25, 0.3) is 11.8 Å². The van der Waals surface area contributed by atoms with Gasteiger partial charge in [0, 0.05) is 0 Å². The number of imide groups is 2. The molecule has 0 aliphatic carbocycles. The number of hydrogen-bond donors (Lipinski definition) is 1. The van der Waals surface area contributed by atoms with Crippen molar-refractivity contribution >= 4 is 52.2 Å². The molecule has 3 aromatic rings. The molecule has 1 aliphatic rings. The Hall–Kier alpha value is -3.73. The van der Waals surface area contributed by atoms with Crippen molar-refractivity contribution in [3.8, 4) is 11.5 Å². The Labute approximate surface area is 214 Å². The van der Waals surface area contributed by atoms with E-state index in [-0.39, 0.29) is 11.3 Å². The number of rotatable bonds is 6. The summed E-state index contributed by atoms with van der Waals surface area (Å²) in [5.74, 6) is -1.21. The van der Waals surface area contributed by atoms with Crippen LogP contribution in [0.15, 0.2) is 66.2 Å². The van der Waals surface area contributed by atoms with Gasteiger partial charge in [-0.25, -0.2) is 14.1 Å². The van der Waals surface area contributed by atoms with E-state index >= 15 is 0 Å². The normalized spacial score (nSPS) is 14.8. The highest BCUT2D eigenvalue weighted by molar-refractivity contribution is 14.1. The Balaban J connectivity index is 1.64. The zero-order valence-corrected chi connectivity index (χ0v) is 21.0. The van der Waals surface area contributed by atoms with Crippen molar-refractivity contribution in [3.63, 3.8) is 0 Å². The average Bonchev–Trinajstić information content (AvgIpc) is 2.82. The number of ether oxygens (including phenoxy) is 2. The number of barbiturate groups is 1. The van der Waals surface area contributed by atoms with Gasteiger partial charge in [-0.15, -0.1) is 0 Å². The molecule has 0 radical (unpaired) electrons. The van der Waals surface area contributed by atoms with Crippen LogP contribution in [0, 0.1) is 16.3 Å². The number of urea groups is 1. The summed E-state index contributed by atoms with van der Waals surface area (Å²) in [7, 11) is 1.50. The van der Waals surface area contributed by atoms with Crippen molar-refractivity contribution in [3.05, 3.63) is 92.3 Å². The molecule has 1 N–H and O–H groups in total. The van der Waals surface area contributed by atoms with Crippen LogP contribution in [0.3, 0.4) is 0 Å². The van der Waals surface area contributed by atoms with Gasteiger partial charge >= 0.3 is 6.03 Å². The minimum absolute atomic E-state index is 0.138. The molecule has 0 spiro atoms. The van der Waals surface area contributed by atoms with E-state index in [1.807, 2.05) is 31.2 Å². The number of nitrogens with one attached hydrogen (secondary N) is 1. The van der Waals surface area contributed by atoms with Crippen LogP contribution in [0.25, 0.3) is 6.08 Å². The number of carbonyl (C=O) groups excluding carboxylic acids is 3. The largest absolute Gasteiger partial charge is 0.493 e. The van der Waals surface area contributed by atoms with E-state index in [9.17, 15) is 18.8 Å². The maximum Gasteiger partial charge on any atom is 0.335 e. The molecule has 35 heavy (non-hydrogen) atoms. The summed E-state index contributed by atoms with van der Waals surface area (Å²) < 4.78 is 25.5. The first kappa shape index (κ1) is 24.4. The molecular weight excluding hydrogens is 566 g/mol. The third-order valence-electron chi connectivity index (χ3n) is 5.21. The monoisotopic (exact) mass is 586 g/mol. The molecule has 7 nitrogen and oxygen atoms in total. The van der Waals surface area contributed by atoms with Crippen molar-refractivity contribution in [2.24, 2.45) is 0 Å². The summed E-state index contributed by atoms with van der Waals surface area (Å²) in [6, 6.07) is 15.2. The molecule has 0 unspecified atom stereocenters. The van der Waals surface area contributed by atoms with Crippen molar-refractivity contribution in [1.29, 1.82) is 0 Å². The molecule has 1 fully saturated rings. The van der Waals surface area contributed by atoms with Crippen LogP contribution in [0.2, 0.25) is 0 Å². The lowest BCUT2D eigenvalue weighted by Gasteiger charge is -2.26. The molecule has 4 amide bonds. The lowest BCUT2D eigenvalue weighted by Crippen LogP contribution is -2.54. The number of amides is 4. The van der Waals surface area contributed by atoms with Gasteiger partial charge in [0.05, 0.1) is 16.4 Å². The second-order valence-electron chi connectivity index (χ2n) is 7.75. The van der Waals surface area contributed by atoms with Gasteiger partial charge in [-0.2, -0.15) is 0 Å². The molecule has 1 saturated heterocycles. The fourth-order valence-electron chi connectivity index (χ4n) is 3.57. The van der Waals surface area contributed by atoms with Gasteiger partial charge in [-0.1, -0.05) is 29.8 Å². The fraction of sp³-hybridized carbons (Fsp3) is 0.115. The number of aryl methyl sites for hydroxylation is 1. The molecule has 0 aromatic heterocycles. The van der Waals surface area contributed by atoms with Gasteiger partial charge in [-0.3, -0.25) is 14.9 Å². The number of anilines is 1. The second kappa shape index (κ2) is 10.3. The van der Waals surface area contributed by atoms with E-state index in [1.165, 1.54) is 25.3 Å². The van der Waals surface area contributed by atoms with Crippen LogP contribution in [-0.2, 0) is 16.2 Å². The summed E-state index contributed by atoms with van der Waals surface area (Å²) >= 11 is 2.09. The number of nitrogens with zero attached hydrogens (tertiary/aromatic N) is 1. The minimum Gasteiger partial charge on any atom is -0.493 e. The van der Waals surface area contributed by atoms with Crippen LogP contribution in [0.5, 0.6) is 11.5 Å². The Bertz CT molecular complexity index is 1350. The zero-order chi connectivity index (χ0) is 25.1. The van der Waals surface area contributed by atoms with Crippen LogP contribution in [0.4, 0.5) is 14.9 Å². The lowest BCUT2D eigenvalue weighted by atomic mass is 10.1. The van der Waals surface area contributed by atoms with Gasteiger partial charge in [0.2, 0.25) is 0 Å². The van der Waals surface area contributed by atoms with Gasteiger partial charge < -0.3 is 9.47 Å². The fourth-order valence-corrected chi connectivity index (χ4v) is 4.35. The molecule has 4 rings (SSSR count). The molecule has 1 heterocycles. The van der Waals surface area contributed by atoms with Crippen molar-refractivity contribution < 1.29 is 28.2 Å². The van der Waals surface area contributed by atoms with Crippen molar-refractivity contribution in [2.45, 2.75) is 13.5 Å². The standard InChI is InChI=1S/C26H20FIN2O5/c1-15-4-3-5-16(10-15)14-35-23-21(28)12-17(13-22(23)34-2)11-20-24(31)29-26(33)30(25(20)32)19-8-6-18(27)7-9-19/h3-13H,14H2,1-2H3,(H,29,31,33)/b20-11+. The third kappa shape index (κ3) is 5.35. The van der Waals surface area contributed by atoms with Gasteiger partial charge in [-0.05, 0) is 83.1 Å². The quantitative estimate of drug-likeness (QED) is 0.250. The average molecular weight is 586 g/mol. The SMILES string of the molecule is COc1cc(/C=C2\C(=O)NC(=O)N(c3ccc(F)cc3)C2=O)cc(I)c1OCc1cccc(C)c1. The number of hydrogen-bond acceptors (Lipinski definition) is 5. The Kier molecular flexibility index (Phi) is 7.15. The molecule has 178 valence electrons. The van der Waals surface area contributed by atoms with Crippen LogP contribution in [0.1, 0.15) is 16.7 Å². The highest BCUT2D eigenvalue weighted by atomic mass is 127. The second-order valence-corrected chi connectivity index (χ2v) is 8.91. The van der Waals surface area contributed by atoms with Gasteiger partial charge in [0.1, 0.15) is 18.0 Å². The maximum absolute atomic E-state index is 13.3. The van der Waals surface area contributed by atoms with E-state index in [0.717, 1.165) is 28.2 Å². The van der Waals surface area contributed by atoms with Crippen LogP contribution < -0.4 is 19.7 Å². The van der Waals surface area contributed by atoms with Gasteiger partial charge in [0.15, 0.2) is 11.5 Å². The molecule has 0 bridgehead atoms.